The molecule has 1 atom stereocenters. The van der Waals surface area contributed by atoms with Gasteiger partial charge in [-0.15, -0.1) is 0 Å². The lowest BCUT2D eigenvalue weighted by molar-refractivity contribution is -0.143. The number of anilines is 1. The van der Waals surface area contributed by atoms with E-state index < -0.39 is 23.5 Å². The summed E-state index contributed by atoms with van der Waals surface area (Å²) in [5.74, 6) is 0. The summed E-state index contributed by atoms with van der Waals surface area (Å²) in [6.45, 7) is 4.33. The van der Waals surface area contributed by atoms with Crippen LogP contribution in [-0.4, -0.2) is 35.7 Å². The number of benzene rings is 1. The molecule has 10 heteroatoms. The molecule has 0 amide bonds. The molecule has 2 N–H and O–H groups in total. The first-order chi connectivity index (χ1) is 12.0. The van der Waals surface area contributed by atoms with Gasteiger partial charge in [0.1, 0.15) is 0 Å². The molecule has 1 aromatic rings. The molecule has 1 aliphatic rings. The van der Waals surface area contributed by atoms with E-state index in [-0.39, 0.29) is 22.9 Å². The number of hydrogen-bond acceptors (Lipinski definition) is 2. The van der Waals surface area contributed by atoms with Gasteiger partial charge in [0, 0.05) is 18.3 Å². The summed E-state index contributed by atoms with van der Waals surface area (Å²) < 4.78 is 77.2. The first-order valence-electron chi connectivity index (χ1n) is 8.09. The minimum Gasteiger partial charge on any atom is -0.361 e. The second-order valence-corrected chi connectivity index (χ2v) is 6.46. The van der Waals surface area contributed by atoms with Gasteiger partial charge < -0.3 is 10.6 Å². The number of halogens is 6. The topological polar surface area (TPSA) is 27.3 Å². The Morgan fingerprint density at radius 2 is 1.69 bits per heavy atom. The first-order valence-corrected chi connectivity index (χ1v) is 8.50. The van der Waals surface area contributed by atoms with Crippen molar-refractivity contribution in [2.45, 2.75) is 38.2 Å². The average molecular weight is 399 g/mol. The van der Waals surface area contributed by atoms with Gasteiger partial charge in [0.05, 0.1) is 11.1 Å². The van der Waals surface area contributed by atoms with E-state index in [1.54, 1.807) is 0 Å². The predicted molar refractivity (Wildman–Crippen MR) is 90.9 cm³/mol. The molecule has 1 aliphatic heterocycles. The lowest BCUT2D eigenvalue weighted by Crippen LogP contribution is -2.41. The van der Waals surface area contributed by atoms with Crippen molar-refractivity contribution in [2.24, 2.45) is 0 Å². The van der Waals surface area contributed by atoms with Gasteiger partial charge in [0.25, 0.3) is 0 Å². The molecule has 0 spiro atoms. The fraction of sp³-hybridized carbons (Fsp3) is 0.562. The third kappa shape index (κ3) is 5.47. The second-order valence-electron chi connectivity index (χ2n) is 6.05. The Kier molecular flexibility index (Phi) is 6.38. The Morgan fingerprint density at radius 1 is 1.12 bits per heavy atom. The average Bonchev–Trinajstić information content (AvgIpc) is 2.98. The van der Waals surface area contributed by atoms with Crippen LogP contribution in [0.25, 0.3) is 0 Å². The van der Waals surface area contributed by atoms with Gasteiger partial charge in [-0.05, 0) is 56.3 Å². The van der Waals surface area contributed by atoms with Crippen molar-refractivity contribution in [3.8, 4) is 0 Å². The molecule has 0 unspecified atom stereocenters. The van der Waals surface area contributed by atoms with Crippen molar-refractivity contribution in [3.05, 3.63) is 29.3 Å². The Bertz CT molecular complexity index is 612. The van der Waals surface area contributed by atoms with E-state index in [1.165, 1.54) is 0 Å². The maximum Gasteiger partial charge on any atom is 0.416 e. The van der Waals surface area contributed by atoms with Crippen LogP contribution < -0.4 is 10.6 Å². The quantitative estimate of drug-likeness (QED) is 0.576. The second kappa shape index (κ2) is 7.99. The van der Waals surface area contributed by atoms with Crippen LogP contribution in [0.2, 0.25) is 0 Å². The van der Waals surface area contributed by atoms with E-state index in [9.17, 15) is 26.3 Å². The fourth-order valence-corrected chi connectivity index (χ4v) is 3.16. The maximum absolute atomic E-state index is 12.9. The summed E-state index contributed by atoms with van der Waals surface area (Å²) in [5.41, 5.74) is -3.13. The van der Waals surface area contributed by atoms with E-state index in [0.717, 1.165) is 25.9 Å². The van der Waals surface area contributed by atoms with Gasteiger partial charge in [-0.1, -0.05) is 6.92 Å². The van der Waals surface area contributed by atoms with Crippen molar-refractivity contribution in [2.75, 3.05) is 25.0 Å². The molecule has 26 heavy (non-hydrogen) atoms. The number of alkyl halides is 6. The highest BCUT2D eigenvalue weighted by molar-refractivity contribution is 7.80. The van der Waals surface area contributed by atoms with Gasteiger partial charge in [-0.3, -0.25) is 4.90 Å². The molecular formula is C16H19F6N3S. The van der Waals surface area contributed by atoms with Crippen molar-refractivity contribution in [1.82, 2.24) is 10.2 Å². The Hall–Kier alpha value is -1.55. The molecule has 0 bridgehead atoms. The molecule has 1 heterocycles. The van der Waals surface area contributed by atoms with Crippen molar-refractivity contribution in [3.63, 3.8) is 0 Å². The molecule has 0 aromatic heterocycles. The Labute approximate surface area is 152 Å². The van der Waals surface area contributed by atoms with Gasteiger partial charge in [0.2, 0.25) is 0 Å². The van der Waals surface area contributed by atoms with E-state index in [4.69, 9.17) is 12.2 Å². The zero-order chi connectivity index (χ0) is 19.5. The van der Waals surface area contributed by atoms with E-state index in [2.05, 4.69) is 15.5 Å². The predicted octanol–water partition coefficient (Wildman–Crippen LogP) is 4.49. The minimum absolute atomic E-state index is 0.0135. The number of likely N-dealkylation sites (tertiary alicyclic amines) is 1. The number of nitrogens with zero attached hydrogens (tertiary/aromatic N) is 1. The summed E-state index contributed by atoms with van der Waals surface area (Å²) in [6, 6.07) is 1.54. The van der Waals surface area contributed by atoms with Gasteiger partial charge >= 0.3 is 12.4 Å². The zero-order valence-corrected chi connectivity index (χ0v) is 14.8. The number of nitrogens with one attached hydrogen (secondary N) is 2. The van der Waals surface area contributed by atoms with Gasteiger partial charge in [-0.2, -0.15) is 26.3 Å². The van der Waals surface area contributed by atoms with Crippen LogP contribution in [0, 0.1) is 0 Å². The number of thiocarbonyl (C=S) groups is 1. The molecule has 2 rings (SSSR count). The van der Waals surface area contributed by atoms with E-state index >= 15 is 0 Å². The van der Waals surface area contributed by atoms with Crippen LogP contribution in [0.1, 0.15) is 30.9 Å². The van der Waals surface area contributed by atoms with Crippen LogP contribution in [0.5, 0.6) is 0 Å². The number of rotatable bonds is 4. The maximum atomic E-state index is 12.9. The fourth-order valence-electron chi connectivity index (χ4n) is 2.96. The summed E-state index contributed by atoms with van der Waals surface area (Å²) in [5, 5.41) is 5.28. The third-order valence-electron chi connectivity index (χ3n) is 4.25. The van der Waals surface area contributed by atoms with Crippen LogP contribution in [0.3, 0.4) is 0 Å². The molecule has 146 valence electrons. The van der Waals surface area contributed by atoms with Crippen LogP contribution in [0.15, 0.2) is 18.2 Å². The van der Waals surface area contributed by atoms with Gasteiger partial charge in [0.15, 0.2) is 5.11 Å². The molecule has 1 aromatic carbocycles. The largest absolute Gasteiger partial charge is 0.416 e. The summed E-state index contributed by atoms with van der Waals surface area (Å²) in [4.78, 5) is 2.24. The van der Waals surface area contributed by atoms with E-state index in [0.29, 0.717) is 18.7 Å². The summed E-state index contributed by atoms with van der Waals surface area (Å²) in [7, 11) is 0. The van der Waals surface area contributed by atoms with Crippen LogP contribution in [-0.2, 0) is 12.4 Å². The van der Waals surface area contributed by atoms with Crippen LogP contribution >= 0.6 is 12.2 Å². The zero-order valence-electron chi connectivity index (χ0n) is 14.0. The number of hydrogen-bond donors (Lipinski definition) is 2. The summed E-state index contributed by atoms with van der Waals surface area (Å²) in [6.07, 6.45) is -7.77. The van der Waals surface area contributed by atoms with E-state index in [1.807, 2.05) is 6.92 Å². The lowest BCUT2D eigenvalue weighted by Gasteiger charge is -2.24. The third-order valence-corrected chi connectivity index (χ3v) is 4.50. The summed E-state index contributed by atoms with van der Waals surface area (Å²) >= 11 is 5.02. The monoisotopic (exact) mass is 399 g/mol. The molecule has 1 fully saturated rings. The molecular weight excluding hydrogens is 380 g/mol. The molecule has 0 saturated carbocycles. The molecule has 1 saturated heterocycles. The normalized spacial score (nSPS) is 18.8. The number of likely N-dealkylation sites (N-methyl/N-ethyl adjacent to an activating group) is 1. The van der Waals surface area contributed by atoms with Crippen LogP contribution in [0.4, 0.5) is 32.0 Å². The SMILES string of the molecule is CCN1CCC[C@@H]1CNC(=S)Nc1cc(C(F)(F)F)cc(C(F)(F)F)c1. The smallest absolute Gasteiger partial charge is 0.361 e. The lowest BCUT2D eigenvalue weighted by atomic mass is 10.1. The van der Waals surface area contributed by atoms with Crippen molar-refractivity contribution >= 4 is 23.0 Å². The highest BCUT2D eigenvalue weighted by Crippen LogP contribution is 2.37. The molecule has 0 aliphatic carbocycles. The molecule has 0 radical (unpaired) electrons. The highest BCUT2D eigenvalue weighted by atomic mass is 32.1. The highest BCUT2D eigenvalue weighted by Gasteiger charge is 2.37. The minimum atomic E-state index is -4.89. The standard InChI is InChI=1S/C16H19F6N3S/c1-2-25-5-3-4-13(25)9-23-14(26)24-12-7-10(15(17,18)19)6-11(8-12)16(20,21)22/h6-8,13H,2-5,9H2,1H3,(H2,23,24,26)/t13-/m1/s1. The Morgan fingerprint density at radius 3 is 2.19 bits per heavy atom. The molecule has 3 nitrogen and oxygen atoms in total. The van der Waals surface area contributed by atoms with Crippen molar-refractivity contribution in [1.29, 1.82) is 0 Å². The van der Waals surface area contributed by atoms with Gasteiger partial charge in [-0.25, -0.2) is 0 Å². The Balaban J connectivity index is 2.08. The first kappa shape index (κ1) is 20.8. The van der Waals surface area contributed by atoms with Crippen molar-refractivity contribution < 1.29 is 26.3 Å².